The predicted molar refractivity (Wildman–Crippen MR) is 208 cm³/mol. The minimum absolute atomic E-state index is 0.187. The normalized spacial score (nSPS) is 13.5. The highest BCUT2D eigenvalue weighted by Crippen LogP contribution is 2.41. The summed E-state index contributed by atoms with van der Waals surface area (Å²) >= 11 is 0. The van der Waals surface area contributed by atoms with Crippen LogP contribution in [0.1, 0.15) is 206 Å². The second-order valence-electron chi connectivity index (χ2n) is 14.3. The zero-order valence-electron chi connectivity index (χ0n) is 31.7. The molecule has 0 bridgehead atoms. The van der Waals surface area contributed by atoms with Gasteiger partial charge in [0, 0.05) is 0 Å². The van der Waals surface area contributed by atoms with E-state index in [0.29, 0.717) is 5.75 Å². The molecular formula is C42H79O5P. The summed E-state index contributed by atoms with van der Waals surface area (Å²) in [6.45, 7) is 4.93. The fraction of sp³-hybridized carbons (Fsp3) is 0.857. The molecule has 0 saturated carbocycles. The lowest BCUT2D eigenvalue weighted by molar-refractivity contribution is 0.0625. The number of aliphatic hydroxyl groups is 2. The van der Waals surface area contributed by atoms with Crippen LogP contribution in [0.3, 0.4) is 0 Å². The van der Waals surface area contributed by atoms with Crippen LogP contribution in [0.25, 0.3) is 0 Å². The maximum atomic E-state index is 10.6. The first-order valence-electron chi connectivity index (χ1n) is 20.8. The van der Waals surface area contributed by atoms with E-state index < -0.39 is 20.8 Å². The molecule has 5 nitrogen and oxygen atoms in total. The third kappa shape index (κ3) is 31.3. The SMILES string of the molecule is CCCCCCCCCCCCCCCCC(O)COP(OCC(O)CCCCCCCCCCCCCCCC)Oc1ccccc1. The lowest BCUT2D eigenvalue weighted by atomic mass is 10.0. The molecule has 0 fully saturated rings. The first-order chi connectivity index (χ1) is 23.7. The smallest absolute Gasteiger partial charge is 0.397 e. The molecule has 0 aromatic heterocycles. The Hall–Kier alpha value is -0.710. The Bertz CT molecular complexity index is 709. The molecule has 0 amide bonds. The fourth-order valence-corrected chi connectivity index (χ4v) is 7.33. The van der Waals surface area contributed by atoms with Gasteiger partial charge in [-0.25, -0.2) is 0 Å². The van der Waals surface area contributed by atoms with Crippen LogP contribution < -0.4 is 4.52 Å². The number of hydrogen-bond donors (Lipinski definition) is 2. The molecule has 2 unspecified atom stereocenters. The van der Waals surface area contributed by atoms with Crippen molar-refractivity contribution in [2.75, 3.05) is 13.2 Å². The van der Waals surface area contributed by atoms with Crippen LogP contribution in [0.4, 0.5) is 0 Å². The summed E-state index contributed by atoms with van der Waals surface area (Å²) < 4.78 is 17.8. The van der Waals surface area contributed by atoms with Crippen LogP contribution in [0.2, 0.25) is 0 Å². The number of hydrogen-bond acceptors (Lipinski definition) is 5. The van der Waals surface area contributed by atoms with Crippen molar-refractivity contribution in [1.29, 1.82) is 0 Å². The third-order valence-electron chi connectivity index (χ3n) is 9.45. The summed E-state index contributed by atoms with van der Waals surface area (Å²) in [5, 5.41) is 21.1. The number of unbranched alkanes of at least 4 members (excludes halogenated alkanes) is 26. The Kier molecular flexibility index (Phi) is 34.1. The summed E-state index contributed by atoms with van der Waals surface area (Å²) in [5.74, 6) is 0.673. The summed E-state index contributed by atoms with van der Waals surface area (Å²) in [6, 6.07) is 9.52. The van der Waals surface area contributed by atoms with Crippen molar-refractivity contribution < 1.29 is 23.8 Å². The Labute approximate surface area is 299 Å². The van der Waals surface area contributed by atoms with Crippen molar-refractivity contribution in [3.63, 3.8) is 0 Å². The van der Waals surface area contributed by atoms with E-state index in [0.717, 1.165) is 38.5 Å². The summed E-state index contributed by atoms with van der Waals surface area (Å²) in [5.41, 5.74) is 0. The molecule has 48 heavy (non-hydrogen) atoms. The van der Waals surface area contributed by atoms with Crippen LogP contribution >= 0.6 is 8.60 Å². The van der Waals surface area contributed by atoms with Gasteiger partial charge in [0.25, 0.3) is 0 Å². The third-order valence-corrected chi connectivity index (χ3v) is 10.5. The number of benzene rings is 1. The van der Waals surface area contributed by atoms with Gasteiger partial charge < -0.3 is 14.7 Å². The van der Waals surface area contributed by atoms with Gasteiger partial charge >= 0.3 is 8.60 Å². The van der Waals surface area contributed by atoms with Crippen LogP contribution in [0.15, 0.2) is 30.3 Å². The molecule has 2 N–H and O–H groups in total. The van der Waals surface area contributed by atoms with Gasteiger partial charge in [0.1, 0.15) is 5.75 Å². The van der Waals surface area contributed by atoms with Crippen molar-refractivity contribution >= 4 is 8.60 Å². The summed E-state index contributed by atoms with van der Waals surface area (Å²) in [4.78, 5) is 0. The molecule has 282 valence electrons. The number of rotatable bonds is 38. The molecule has 2 atom stereocenters. The lowest BCUT2D eigenvalue weighted by Crippen LogP contribution is -2.17. The monoisotopic (exact) mass is 695 g/mol. The van der Waals surface area contributed by atoms with E-state index in [1.54, 1.807) is 0 Å². The zero-order valence-corrected chi connectivity index (χ0v) is 32.6. The molecule has 0 aliphatic heterocycles. The highest BCUT2D eigenvalue weighted by atomic mass is 31.2. The van der Waals surface area contributed by atoms with Crippen molar-refractivity contribution in [2.45, 2.75) is 219 Å². The van der Waals surface area contributed by atoms with Crippen molar-refractivity contribution in [3.05, 3.63) is 30.3 Å². The molecule has 0 aliphatic rings. The maximum Gasteiger partial charge on any atom is 0.397 e. The Morgan fingerprint density at radius 1 is 0.438 bits per heavy atom. The van der Waals surface area contributed by atoms with Crippen molar-refractivity contribution in [3.8, 4) is 5.75 Å². The summed E-state index contributed by atoms with van der Waals surface area (Å²) in [6.07, 6.45) is 37.6. The van der Waals surface area contributed by atoms with E-state index in [1.165, 1.54) is 154 Å². The molecule has 0 aliphatic carbocycles. The van der Waals surface area contributed by atoms with Crippen LogP contribution in [0, 0.1) is 0 Å². The molecule has 0 radical (unpaired) electrons. The van der Waals surface area contributed by atoms with Gasteiger partial charge in [-0.3, -0.25) is 9.05 Å². The molecule has 1 aromatic carbocycles. The van der Waals surface area contributed by atoms with Gasteiger partial charge in [-0.1, -0.05) is 212 Å². The fourth-order valence-electron chi connectivity index (χ4n) is 6.27. The second-order valence-corrected chi connectivity index (χ2v) is 15.4. The van der Waals surface area contributed by atoms with Gasteiger partial charge in [0.05, 0.1) is 25.4 Å². The standard InChI is InChI=1S/C42H79O5P/c1-3-5-7-9-11-13-15-17-19-21-23-25-27-30-34-40(43)38-45-48(47-42-36-32-29-33-37-42)46-39-41(44)35-31-28-26-24-22-20-18-16-14-12-10-8-6-4-2/h29,32-33,36-37,40-41,43-44H,3-28,30-31,34-35,38-39H2,1-2H3. The number of aliphatic hydroxyl groups excluding tert-OH is 2. The van der Waals surface area contributed by atoms with E-state index >= 15 is 0 Å². The highest BCUT2D eigenvalue weighted by Gasteiger charge is 2.19. The quantitative estimate of drug-likeness (QED) is 0.0533. The molecule has 1 aromatic rings. The van der Waals surface area contributed by atoms with Crippen LogP contribution in [-0.2, 0) is 9.05 Å². The van der Waals surface area contributed by atoms with E-state index in [2.05, 4.69) is 13.8 Å². The van der Waals surface area contributed by atoms with Crippen LogP contribution in [-0.4, -0.2) is 35.6 Å². The van der Waals surface area contributed by atoms with Gasteiger partial charge in [-0.15, -0.1) is 0 Å². The van der Waals surface area contributed by atoms with E-state index in [-0.39, 0.29) is 13.2 Å². The molecule has 0 spiro atoms. The first kappa shape index (κ1) is 45.3. The molecule has 6 heteroatoms. The molecule has 0 heterocycles. The van der Waals surface area contributed by atoms with E-state index in [9.17, 15) is 10.2 Å². The summed E-state index contributed by atoms with van der Waals surface area (Å²) in [7, 11) is -1.70. The Morgan fingerprint density at radius 3 is 1.04 bits per heavy atom. The molecule has 1 rings (SSSR count). The minimum Gasteiger partial charge on any atom is -0.427 e. The van der Waals surface area contributed by atoms with Gasteiger partial charge in [0.15, 0.2) is 0 Å². The van der Waals surface area contributed by atoms with Crippen molar-refractivity contribution in [2.24, 2.45) is 0 Å². The largest absolute Gasteiger partial charge is 0.427 e. The van der Waals surface area contributed by atoms with Gasteiger partial charge in [0.2, 0.25) is 0 Å². The average Bonchev–Trinajstić information content (AvgIpc) is 3.10. The molecular weight excluding hydrogens is 615 g/mol. The zero-order chi connectivity index (χ0) is 34.6. The predicted octanol–water partition coefficient (Wildman–Crippen LogP) is 13.8. The van der Waals surface area contributed by atoms with Gasteiger partial charge in [-0.05, 0) is 25.0 Å². The second kappa shape index (κ2) is 36.1. The average molecular weight is 695 g/mol. The van der Waals surface area contributed by atoms with E-state index in [4.69, 9.17) is 13.6 Å². The number of para-hydroxylation sites is 1. The molecule has 0 saturated heterocycles. The lowest BCUT2D eigenvalue weighted by Gasteiger charge is -2.20. The minimum atomic E-state index is -1.70. The van der Waals surface area contributed by atoms with Crippen molar-refractivity contribution in [1.82, 2.24) is 0 Å². The highest BCUT2D eigenvalue weighted by molar-refractivity contribution is 7.42. The first-order valence-corrected chi connectivity index (χ1v) is 21.9. The Balaban J connectivity index is 2.09. The Morgan fingerprint density at radius 2 is 0.729 bits per heavy atom. The van der Waals surface area contributed by atoms with Crippen LogP contribution in [0.5, 0.6) is 5.75 Å². The maximum absolute atomic E-state index is 10.6. The van der Waals surface area contributed by atoms with Gasteiger partial charge in [-0.2, -0.15) is 0 Å². The van der Waals surface area contributed by atoms with E-state index in [1.807, 2.05) is 30.3 Å². The topological polar surface area (TPSA) is 68.2 Å².